The summed E-state index contributed by atoms with van der Waals surface area (Å²) in [7, 11) is 0. The summed E-state index contributed by atoms with van der Waals surface area (Å²) in [5.41, 5.74) is 5.55. The number of hydrogen-bond donors (Lipinski definition) is 2. The molecule has 0 radical (unpaired) electrons. The van der Waals surface area contributed by atoms with E-state index >= 15 is 0 Å². The monoisotopic (exact) mass is 449 g/mol. The Morgan fingerprint density at radius 1 is 0.871 bits per heavy atom. The Labute approximate surface area is 178 Å². The summed E-state index contributed by atoms with van der Waals surface area (Å²) in [6, 6.07) is -1.47. The topological polar surface area (TPSA) is 187 Å². The van der Waals surface area contributed by atoms with E-state index < -0.39 is 79.3 Å². The van der Waals surface area contributed by atoms with Crippen LogP contribution < -0.4 is 5.73 Å². The summed E-state index contributed by atoms with van der Waals surface area (Å²) < 4.78 is 31.8. The number of hydrogen-bond acceptors (Lipinski definition) is 12. The third-order valence-electron chi connectivity index (χ3n) is 4.09. The third kappa shape index (κ3) is 8.11. The van der Waals surface area contributed by atoms with Gasteiger partial charge in [-0.1, -0.05) is 0 Å². The van der Waals surface area contributed by atoms with E-state index in [0.717, 1.165) is 27.7 Å². The molecule has 1 aliphatic rings. The number of carboxylic acid groups (broad SMARTS) is 1. The molecular weight excluding hydrogens is 422 g/mol. The average Bonchev–Trinajstić information content (AvgIpc) is 2.62. The average molecular weight is 449 g/mol. The van der Waals surface area contributed by atoms with E-state index in [0.29, 0.717) is 0 Å². The molecular formula is C18H27NO12. The van der Waals surface area contributed by atoms with Crippen molar-refractivity contribution in [3.63, 3.8) is 0 Å². The van der Waals surface area contributed by atoms with E-state index in [9.17, 15) is 24.0 Å². The van der Waals surface area contributed by atoms with Crippen molar-refractivity contribution in [2.24, 2.45) is 5.73 Å². The summed E-state index contributed by atoms with van der Waals surface area (Å²) in [6.07, 6.45) is -8.06. The smallest absolute Gasteiger partial charge is 0.323 e. The highest BCUT2D eigenvalue weighted by molar-refractivity contribution is 5.73. The van der Waals surface area contributed by atoms with Crippen molar-refractivity contribution < 1.29 is 57.5 Å². The zero-order valence-electron chi connectivity index (χ0n) is 17.8. The molecule has 0 aliphatic carbocycles. The minimum absolute atomic E-state index is 0.433. The van der Waals surface area contributed by atoms with Crippen molar-refractivity contribution in [1.29, 1.82) is 0 Å². The fourth-order valence-corrected chi connectivity index (χ4v) is 2.80. The maximum atomic E-state index is 11.7. The molecule has 31 heavy (non-hydrogen) atoms. The van der Waals surface area contributed by atoms with Gasteiger partial charge in [0.05, 0.1) is 6.10 Å². The molecule has 1 fully saturated rings. The summed E-state index contributed by atoms with van der Waals surface area (Å²) in [4.78, 5) is 57.4. The standard InChI is InChI=1S/C18H27NO12/c1-7(13(19)17(24)25)27-18-16(30-11(5)23)15(29-10(4)22)14(28-9(3)21)12(31-18)6-26-8(2)20/h7,12-16,18H,6,19H2,1-5H3,(H,24,25)/t7?,12-,13+,14-,15+,16+,18+/m1/s1. The number of carbonyl (C=O) groups is 5. The number of carboxylic acids is 1. The first-order valence-corrected chi connectivity index (χ1v) is 9.27. The van der Waals surface area contributed by atoms with Crippen LogP contribution >= 0.6 is 0 Å². The van der Waals surface area contributed by atoms with E-state index in [4.69, 9.17) is 39.3 Å². The van der Waals surface area contributed by atoms with Gasteiger partial charge in [-0.2, -0.15) is 0 Å². The number of esters is 4. The molecule has 176 valence electrons. The van der Waals surface area contributed by atoms with Crippen LogP contribution in [0.3, 0.4) is 0 Å². The second kappa shape index (κ2) is 11.6. The second-order valence-electron chi connectivity index (χ2n) is 6.77. The SMILES string of the molecule is CC(=O)OC[C@H]1O[C@H](OC(C)[C@H](N)C(=O)O)[C@@H](OC(C)=O)[C@@H](OC(C)=O)[C@@H]1OC(C)=O. The molecule has 1 aliphatic heterocycles. The van der Waals surface area contributed by atoms with E-state index in [1.54, 1.807) is 0 Å². The molecule has 0 saturated carbocycles. The van der Waals surface area contributed by atoms with Gasteiger partial charge in [-0.05, 0) is 6.92 Å². The van der Waals surface area contributed by atoms with Gasteiger partial charge in [-0.25, -0.2) is 0 Å². The highest BCUT2D eigenvalue weighted by Gasteiger charge is 2.53. The predicted octanol–water partition coefficient (Wildman–Crippen LogP) is -1.11. The van der Waals surface area contributed by atoms with Crippen LogP contribution in [0.4, 0.5) is 0 Å². The van der Waals surface area contributed by atoms with Crippen LogP contribution in [0.15, 0.2) is 0 Å². The molecule has 13 heteroatoms. The minimum Gasteiger partial charge on any atom is -0.480 e. The normalized spacial score (nSPS) is 27.4. The van der Waals surface area contributed by atoms with Crippen molar-refractivity contribution in [3.05, 3.63) is 0 Å². The lowest BCUT2D eigenvalue weighted by Gasteiger charge is -2.44. The van der Waals surface area contributed by atoms with Crippen molar-refractivity contribution in [1.82, 2.24) is 0 Å². The Kier molecular flexibility index (Phi) is 9.81. The Hall–Kier alpha value is -2.77. The van der Waals surface area contributed by atoms with Crippen LogP contribution in [-0.4, -0.2) is 84.4 Å². The van der Waals surface area contributed by atoms with Gasteiger partial charge < -0.3 is 39.3 Å². The molecule has 0 amide bonds. The number of ether oxygens (including phenoxy) is 6. The van der Waals surface area contributed by atoms with E-state index in [1.165, 1.54) is 6.92 Å². The molecule has 1 rings (SSSR count). The first-order chi connectivity index (χ1) is 14.3. The quantitative estimate of drug-likeness (QED) is 0.319. The second-order valence-corrected chi connectivity index (χ2v) is 6.77. The van der Waals surface area contributed by atoms with Gasteiger partial charge in [0.1, 0.15) is 18.8 Å². The van der Waals surface area contributed by atoms with Gasteiger partial charge >= 0.3 is 29.8 Å². The van der Waals surface area contributed by atoms with Gasteiger partial charge in [0, 0.05) is 27.7 Å². The molecule has 0 spiro atoms. The van der Waals surface area contributed by atoms with Gasteiger partial charge in [-0.3, -0.25) is 24.0 Å². The van der Waals surface area contributed by atoms with Crippen molar-refractivity contribution in [2.45, 2.75) is 77.5 Å². The van der Waals surface area contributed by atoms with E-state index in [-0.39, 0.29) is 0 Å². The first-order valence-electron chi connectivity index (χ1n) is 9.27. The number of carbonyl (C=O) groups excluding carboxylic acids is 4. The zero-order valence-corrected chi connectivity index (χ0v) is 17.8. The summed E-state index contributed by atoms with van der Waals surface area (Å²) in [5.74, 6) is -4.43. The minimum atomic E-state index is -1.50. The molecule has 1 heterocycles. The summed E-state index contributed by atoms with van der Waals surface area (Å²) in [5, 5.41) is 9.09. The molecule has 3 N–H and O–H groups in total. The Balaban J connectivity index is 3.35. The molecule has 0 bridgehead atoms. The highest BCUT2D eigenvalue weighted by Crippen LogP contribution is 2.30. The van der Waals surface area contributed by atoms with Crippen molar-refractivity contribution in [2.75, 3.05) is 6.61 Å². The van der Waals surface area contributed by atoms with Gasteiger partial charge in [0.2, 0.25) is 0 Å². The molecule has 7 atom stereocenters. The number of rotatable bonds is 9. The van der Waals surface area contributed by atoms with E-state index in [2.05, 4.69) is 0 Å². The molecule has 0 aromatic carbocycles. The van der Waals surface area contributed by atoms with E-state index in [1.807, 2.05) is 0 Å². The number of aliphatic carboxylic acids is 1. The van der Waals surface area contributed by atoms with Crippen LogP contribution in [0.5, 0.6) is 0 Å². The van der Waals surface area contributed by atoms with Gasteiger partial charge in [0.25, 0.3) is 0 Å². The highest BCUT2D eigenvalue weighted by atomic mass is 16.7. The maximum Gasteiger partial charge on any atom is 0.323 e. The largest absolute Gasteiger partial charge is 0.480 e. The van der Waals surface area contributed by atoms with Crippen LogP contribution in [0, 0.1) is 0 Å². The fourth-order valence-electron chi connectivity index (χ4n) is 2.80. The summed E-state index contributed by atoms with van der Waals surface area (Å²) >= 11 is 0. The Bertz CT molecular complexity index is 695. The maximum absolute atomic E-state index is 11.7. The first kappa shape index (κ1) is 26.3. The zero-order chi connectivity index (χ0) is 23.9. The molecule has 0 aromatic heterocycles. The van der Waals surface area contributed by atoms with Gasteiger partial charge in [0.15, 0.2) is 24.6 Å². The van der Waals surface area contributed by atoms with Crippen molar-refractivity contribution >= 4 is 29.8 Å². The summed E-state index contributed by atoms with van der Waals surface area (Å²) in [6.45, 7) is 5.27. The fraction of sp³-hybridized carbons (Fsp3) is 0.722. The van der Waals surface area contributed by atoms with Gasteiger partial charge in [-0.15, -0.1) is 0 Å². The van der Waals surface area contributed by atoms with Crippen molar-refractivity contribution in [3.8, 4) is 0 Å². The van der Waals surface area contributed by atoms with Crippen LogP contribution in [0.1, 0.15) is 34.6 Å². The molecule has 1 saturated heterocycles. The van der Waals surface area contributed by atoms with Crippen LogP contribution in [0.2, 0.25) is 0 Å². The van der Waals surface area contributed by atoms with Crippen LogP contribution in [0.25, 0.3) is 0 Å². The molecule has 13 nitrogen and oxygen atoms in total. The Morgan fingerprint density at radius 3 is 1.81 bits per heavy atom. The van der Waals surface area contributed by atoms with Crippen LogP contribution in [-0.2, 0) is 52.4 Å². The third-order valence-corrected chi connectivity index (χ3v) is 4.09. The lowest BCUT2D eigenvalue weighted by Crippen LogP contribution is -2.63. The molecule has 0 aromatic rings. The Morgan fingerprint density at radius 2 is 1.35 bits per heavy atom. The number of nitrogens with two attached hydrogens (primary N) is 1. The lowest BCUT2D eigenvalue weighted by molar-refractivity contribution is -0.316. The lowest BCUT2D eigenvalue weighted by atomic mass is 9.98. The predicted molar refractivity (Wildman–Crippen MR) is 98.1 cm³/mol. The molecule has 1 unspecified atom stereocenters.